The minimum absolute atomic E-state index is 0.0548. The van der Waals surface area contributed by atoms with Crippen LogP contribution in [0.1, 0.15) is 15.9 Å². The Morgan fingerprint density at radius 2 is 2.00 bits per heavy atom. The quantitative estimate of drug-likeness (QED) is 0.675. The summed E-state index contributed by atoms with van der Waals surface area (Å²) in [5.74, 6) is -2.42. The third-order valence-corrected chi connectivity index (χ3v) is 2.70. The van der Waals surface area contributed by atoms with Gasteiger partial charge < -0.3 is 9.84 Å². The Hall–Kier alpha value is -2.96. The van der Waals surface area contributed by atoms with Gasteiger partial charge in [-0.15, -0.1) is 0 Å². The van der Waals surface area contributed by atoms with Gasteiger partial charge >= 0.3 is 11.7 Å². The van der Waals surface area contributed by atoms with Gasteiger partial charge in [0.2, 0.25) is 5.75 Å². The molecule has 21 heavy (non-hydrogen) atoms. The summed E-state index contributed by atoms with van der Waals surface area (Å²) in [5.41, 5.74) is 0.0379. The lowest BCUT2D eigenvalue weighted by Crippen LogP contribution is -2.03. The second kappa shape index (κ2) is 6.00. The van der Waals surface area contributed by atoms with E-state index in [1.807, 2.05) is 0 Å². The molecule has 0 aliphatic rings. The van der Waals surface area contributed by atoms with Gasteiger partial charge in [0.25, 0.3) is 0 Å². The molecule has 2 aromatic carbocycles. The molecule has 0 heterocycles. The van der Waals surface area contributed by atoms with Gasteiger partial charge in [-0.25, -0.2) is 9.18 Å². The van der Waals surface area contributed by atoms with Crippen LogP contribution in [0.25, 0.3) is 0 Å². The summed E-state index contributed by atoms with van der Waals surface area (Å²) in [6.45, 7) is -0.178. The molecule has 2 rings (SSSR count). The SMILES string of the molecule is O=C(O)c1cccc(COc2c(F)cccc2[N+](=O)[O-])c1. The lowest BCUT2D eigenvalue weighted by atomic mass is 10.1. The number of carboxylic acids is 1. The number of para-hydroxylation sites is 1. The number of halogens is 1. The van der Waals surface area contributed by atoms with Crippen LogP contribution in [0.15, 0.2) is 42.5 Å². The van der Waals surface area contributed by atoms with Crippen molar-refractivity contribution in [2.75, 3.05) is 0 Å². The normalized spacial score (nSPS) is 10.1. The van der Waals surface area contributed by atoms with Gasteiger partial charge in [0.1, 0.15) is 6.61 Å². The number of nitrogens with zero attached hydrogens (tertiary/aromatic N) is 1. The van der Waals surface area contributed by atoms with Crippen LogP contribution < -0.4 is 4.74 Å². The maximum Gasteiger partial charge on any atom is 0.335 e. The number of carbonyl (C=O) groups is 1. The van der Waals surface area contributed by atoms with Crippen LogP contribution in [-0.2, 0) is 6.61 Å². The van der Waals surface area contributed by atoms with Gasteiger partial charge in [-0.1, -0.05) is 18.2 Å². The fourth-order valence-corrected chi connectivity index (χ4v) is 1.73. The van der Waals surface area contributed by atoms with Crippen molar-refractivity contribution >= 4 is 11.7 Å². The van der Waals surface area contributed by atoms with Crippen LogP contribution in [0.5, 0.6) is 5.75 Å². The van der Waals surface area contributed by atoms with E-state index in [2.05, 4.69) is 0 Å². The molecule has 0 fully saturated rings. The monoisotopic (exact) mass is 291 g/mol. The van der Waals surface area contributed by atoms with Gasteiger partial charge in [-0.3, -0.25) is 10.1 Å². The molecule has 0 spiro atoms. The van der Waals surface area contributed by atoms with Crippen molar-refractivity contribution in [1.82, 2.24) is 0 Å². The summed E-state index contributed by atoms with van der Waals surface area (Å²) in [5, 5.41) is 19.7. The van der Waals surface area contributed by atoms with Crippen LogP contribution in [-0.4, -0.2) is 16.0 Å². The standard InChI is InChI=1S/C14H10FNO5/c15-11-5-2-6-12(16(19)20)13(11)21-8-9-3-1-4-10(7-9)14(17)18/h1-7H,8H2,(H,17,18). The summed E-state index contributed by atoms with van der Waals surface area (Å²) in [6.07, 6.45) is 0. The zero-order valence-electron chi connectivity index (χ0n) is 10.7. The molecule has 7 heteroatoms. The van der Waals surface area contributed by atoms with Crippen LogP contribution >= 0.6 is 0 Å². The van der Waals surface area contributed by atoms with E-state index in [0.717, 1.165) is 12.1 Å². The van der Waals surface area contributed by atoms with Crippen molar-refractivity contribution in [3.63, 3.8) is 0 Å². The summed E-state index contributed by atoms with van der Waals surface area (Å²) in [6, 6.07) is 9.25. The molecule has 0 aliphatic heterocycles. The predicted octanol–water partition coefficient (Wildman–Crippen LogP) is 3.01. The van der Waals surface area contributed by atoms with Crippen LogP contribution in [0.4, 0.5) is 10.1 Å². The highest BCUT2D eigenvalue weighted by atomic mass is 19.1. The highest BCUT2D eigenvalue weighted by Crippen LogP contribution is 2.30. The van der Waals surface area contributed by atoms with Crippen molar-refractivity contribution in [2.24, 2.45) is 0 Å². The topological polar surface area (TPSA) is 89.7 Å². The zero-order chi connectivity index (χ0) is 15.4. The average molecular weight is 291 g/mol. The largest absolute Gasteiger partial charge is 0.480 e. The number of hydrogen-bond donors (Lipinski definition) is 1. The first-order chi connectivity index (χ1) is 9.99. The molecular formula is C14H10FNO5. The summed E-state index contributed by atoms with van der Waals surface area (Å²) >= 11 is 0. The Bertz CT molecular complexity index is 702. The Labute approximate surface area is 118 Å². The van der Waals surface area contributed by atoms with E-state index in [1.165, 1.54) is 24.3 Å². The van der Waals surface area contributed by atoms with E-state index in [-0.39, 0.29) is 12.2 Å². The fraction of sp³-hybridized carbons (Fsp3) is 0.0714. The first-order valence-electron chi connectivity index (χ1n) is 5.87. The molecule has 0 unspecified atom stereocenters. The minimum Gasteiger partial charge on any atom is -0.480 e. The van der Waals surface area contributed by atoms with Crippen molar-refractivity contribution in [1.29, 1.82) is 0 Å². The molecule has 0 amide bonds. The van der Waals surface area contributed by atoms with E-state index in [1.54, 1.807) is 6.07 Å². The first-order valence-corrected chi connectivity index (χ1v) is 5.87. The molecule has 0 bridgehead atoms. The first kappa shape index (κ1) is 14.4. The molecule has 0 saturated heterocycles. The van der Waals surface area contributed by atoms with Gasteiger partial charge in [0.15, 0.2) is 5.82 Å². The van der Waals surface area contributed by atoms with Gasteiger partial charge in [-0.05, 0) is 23.8 Å². The molecule has 0 saturated carbocycles. The third-order valence-electron chi connectivity index (χ3n) is 2.70. The van der Waals surface area contributed by atoms with E-state index >= 15 is 0 Å². The smallest absolute Gasteiger partial charge is 0.335 e. The molecule has 0 atom stereocenters. The number of benzene rings is 2. The lowest BCUT2D eigenvalue weighted by molar-refractivity contribution is -0.386. The molecule has 108 valence electrons. The van der Waals surface area contributed by atoms with Crippen LogP contribution in [0, 0.1) is 15.9 Å². The zero-order valence-corrected chi connectivity index (χ0v) is 10.7. The fourth-order valence-electron chi connectivity index (χ4n) is 1.73. The molecule has 0 aliphatic carbocycles. The Balaban J connectivity index is 2.22. The number of nitro benzene ring substituents is 1. The number of carboxylic acid groups (broad SMARTS) is 1. The second-order valence-electron chi connectivity index (χ2n) is 4.14. The summed E-state index contributed by atoms with van der Waals surface area (Å²) in [4.78, 5) is 20.9. The number of nitro groups is 1. The van der Waals surface area contributed by atoms with Crippen molar-refractivity contribution in [3.8, 4) is 5.75 Å². The van der Waals surface area contributed by atoms with E-state index in [9.17, 15) is 19.3 Å². The van der Waals surface area contributed by atoms with Crippen molar-refractivity contribution in [2.45, 2.75) is 6.61 Å². The van der Waals surface area contributed by atoms with Crippen molar-refractivity contribution < 1.29 is 24.0 Å². The number of aromatic carboxylic acids is 1. The molecule has 2 aromatic rings. The summed E-state index contributed by atoms with van der Waals surface area (Å²) in [7, 11) is 0. The third kappa shape index (κ3) is 3.33. The lowest BCUT2D eigenvalue weighted by Gasteiger charge is -2.08. The Morgan fingerprint density at radius 3 is 2.67 bits per heavy atom. The minimum atomic E-state index is -1.10. The number of rotatable bonds is 5. The molecular weight excluding hydrogens is 281 g/mol. The molecule has 0 aromatic heterocycles. The van der Waals surface area contributed by atoms with Crippen LogP contribution in [0.2, 0.25) is 0 Å². The average Bonchev–Trinajstić information content (AvgIpc) is 2.46. The summed E-state index contributed by atoms with van der Waals surface area (Å²) < 4.78 is 18.7. The highest BCUT2D eigenvalue weighted by molar-refractivity contribution is 5.87. The van der Waals surface area contributed by atoms with Gasteiger partial charge in [-0.2, -0.15) is 0 Å². The van der Waals surface area contributed by atoms with E-state index in [0.29, 0.717) is 5.56 Å². The molecule has 1 N–H and O–H groups in total. The number of ether oxygens (including phenoxy) is 1. The van der Waals surface area contributed by atoms with Crippen LogP contribution in [0.3, 0.4) is 0 Å². The van der Waals surface area contributed by atoms with E-state index < -0.39 is 28.1 Å². The number of hydrogen-bond acceptors (Lipinski definition) is 4. The van der Waals surface area contributed by atoms with Gasteiger partial charge in [0.05, 0.1) is 10.5 Å². The second-order valence-corrected chi connectivity index (χ2v) is 4.14. The Kier molecular flexibility index (Phi) is 4.13. The predicted molar refractivity (Wildman–Crippen MR) is 70.8 cm³/mol. The van der Waals surface area contributed by atoms with E-state index in [4.69, 9.17) is 9.84 Å². The van der Waals surface area contributed by atoms with Crippen molar-refractivity contribution in [3.05, 3.63) is 69.5 Å². The Morgan fingerprint density at radius 1 is 1.29 bits per heavy atom. The van der Waals surface area contributed by atoms with Gasteiger partial charge in [0, 0.05) is 6.07 Å². The highest BCUT2D eigenvalue weighted by Gasteiger charge is 2.19. The molecule has 0 radical (unpaired) electrons. The maximum absolute atomic E-state index is 13.6. The molecule has 6 nitrogen and oxygen atoms in total. The maximum atomic E-state index is 13.6.